The Morgan fingerprint density at radius 2 is 1.86 bits per heavy atom. The SMILES string of the molecule is CC(C)(C)OC(=O)N1CC(Oc2cc(NC(=O)N3C[C@@](C)(C(F)(F)F)c4c3cnc3cc(Cl)nn43)cn(C(F)F)c2=O)C1. The van der Waals surface area contributed by atoms with Crippen LogP contribution >= 0.6 is 11.6 Å². The fraction of sp³-hybridized carbons (Fsp3) is 0.480. The van der Waals surface area contributed by atoms with Crippen molar-refractivity contribution < 1.29 is 41.0 Å². The van der Waals surface area contributed by atoms with Crippen molar-refractivity contribution in [1.29, 1.82) is 0 Å². The van der Waals surface area contributed by atoms with Crippen LogP contribution < -0.4 is 20.5 Å². The quantitative estimate of drug-likeness (QED) is 0.409. The molecule has 0 unspecified atom stereocenters. The van der Waals surface area contributed by atoms with Crippen molar-refractivity contribution >= 4 is 40.7 Å². The average Bonchev–Trinajstić information content (AvgIpc) is 3.38. The van der Waals surface area contributed by atoms with E-state index < -0.39 is 65.5 Å². The van der Waals surface area contributed by atoms with Crippen molar-refractivity contribution in [3.8, 4) is 5.75 Å². The molecular weight excluding hydrogens is 609 g/mol. The molecule has 0 aromatic carbocycles. The van der Waals surface area contributed by atoms with Crippen LogP contribution in [0.1, 0.15) is 39.9 Å². The number of rotatable bonds is 4. The molecular formula is C25H25ClF5N7O5. The molecule has 43 heavy (non-hydrogen) atoms. The van der Waals surface area contributed by atoms with Gasteiger partial charge in [-0.25, -0.2) is 19.1 Å². The van der Waals surface area contributed by atoms with Gasteiger partial charge in [0.25, 0.3) is 5.56 Å². The van der Waals surface area contributed by atoms with Crippen LogP contribution in [0.2, 0.25) is 5.15 Å². The van der Waals surface area contributed by atoms with E-state index >= 15 is 0 Å². The van der Waals surface area contributed by atoms with Crippen molar-refractivity contribution in [3.05, 3.63) is 45.7 Å². The number of anilines is 2. The van der Waals surface area contributed by atoms with Crippen LogP contribution in [0, 0.1) is 0 Å². The zero-order valence-corrected chi connectivity index (χ0v) is 23.8. The molecule has 2 aliphatic heterocycles. The predicted octanol–water partition coefficient (Wildman–Crippen LogP) is 4.81. The number of hydrogen-bond acceptors (Lipinski definition) is 7. The van der Waals surface area contributed by atoms with Crippen LogP contribution in [0.5, 0.6) is 5.75 Å². The Morgan fingerprint density at radius 1 is 1.19 bits per heavy atom. The summed E-state index contributed by atoms with van der Waals surface area (Å²) in [7, 11) is 0. The van der Waals surface area contributed by atoms with Crippen LogP contribution in [-0.2, 0) is 10.2 Å². The number of fused-ring (bicyclic) bond motifs is 3. The number of hydrogen-bond donors (Lipinski definition) is 1. The molecule has 0 bridgehead atoms. The van der Waals surface area contributed by atoms with Crippen LogP contribution in [0.25, 0.3) is 5.65 Å². The minimum Gasteiger partial charge on any atom is -0.481 e. The van der Waals surface area contributed by atoms with Crippen molar-refractivity contribution in [1.82, 2.24) is 24.1 Å². The van der Waals surface area contributed by atoms with Gasteiger partial charge in [-0.3, -0.25) is 14.3 Å². The maximum atomic E-state index is 14.4. The smallest absolute Gasteiger partial charge is 0.410 e. The summed E-state index contributed by atoms with van der Waals surface area (Å²) in [5.74, 6) is -0.566. The Hall–Kier alpha value is -4.15. The second kappa shape index (κ2) is 10.2. The Morgan fingerprint density at radius 3 is 2.47 bits per heavy atom. The van der Waals surface area contributed by atoms with Gasteiger partial charge < -0.3 is 19.7 Å². The van der Waals surface area contributed by atoms with E-state index in [-0.39, 0.29) is 39.8 Å². The van der Waals surface area contributed by atoms with Crippen LogP contribution in [0.3, 0.4) is 0 Å². The molecule has 3 amide bonds. The molecule has 0 spiro atoms. The summed E-state index contributed by atoms with van der Waals surface area (Å²) in [5.41, 5.74) is -5.54. The number of alkyl halides is 5. The lowest BCUT2D eigenvalue weighted by Crippen LogP contribution is -2.57. The number of ether oxygens (including phenoxy) is 2. The van der Waals surface area contributed by atoms with E-state index in [9.17, 15) is 36.3 Å². The number of likely N-dealkylation sites (tertiary alicyclic amines) is 1. The number of nitrogens with one attached hydrogen (secondary N) is 1. The molecule has 1 N–H and O–H groups in total. The summed E-state index contributed by atoms with van der Waals surface area (Å²) in [6.45, 7) is 1.69. The lowest BCUT2D eigenvalue weighted by molar-refractivity contribution is -0.181. The van der Waals surface area contributed by atoms with E-state index in [4.69, 9.17) is 21.1 Å². The Balaban J connectivity index is 1.41. The van der Waals surface area contributed by atoms with Gasteiger partial charge in [-0.05, 0) is 27.7 Å². The van der Waals surface area contributed by atoms with Gasteiger partial charge in [-0.1, -0.05) is 11.6 Å². The van der Waals surface area contributed by atoms with Gasteiger partial charge in [0.2, 0.25) is 0 Å². The van der Waals surface area contributed by atoms with Gasteiger partial charge in [-0.2, -0.15) is 27.1 Å². The van der Waals surface area contributed by atoms with Crippen molar-refractivity contribution in [2.45, 2.75) is 57.5 Å². The Kier molecular flexibility index (Phi) is 7.22. The molecule has 3 aromatic rings. The van der Waals surface area contributed by atoms with Crippen molar-refractivity contribution in [2.75, 3.05) is 29.9 Å². The highest BCUT2D eigenvalue weighted by molar-refractivity contribution is 6.29. The minimum absolute atomic E-state index is 0.000873. The third-order valence-electron chi connectivity index (χ3n) is 6.86. The average molecular weight is 634 g/mol. The van der Waals surface area contributed by atoms with Crippen LogP contribution in [0.4, 0.5) is 42.9 Å². The summed E-state index contributed by atoms with van der Waals surface area (Å²) < 4.78 is 82.2. The number of carbonyl (C=O) groups excluding carboxylic acids is 2. The molecule has 232 valence electrons. The fourth-order valence-corrected chi connectivity index (χ4v) is 4.90. The third kappa shape index (κ3) is 5.52. The van der Waals surface area contributed by atoms with Gasteiger partial charge in [0, 0.05) is 24.9 Å². The first-order valence-electron chi connectivity index (χ1n) is 12.8. The molecule has 0 saturated carbocycles. The minimum atomic E-state index is -4.84. The molecule has 5 heterocycles. The largest absolute Gasteiger partial charge is 0.481 e. The molecule has 3 aromatic heterocycles. The maximum Gasteiger partial charge on any atom is 0.410 e. The maximum absolute atomic E-state index is 14.4. The molecule has 2 aliphatic rings. The summed E-state index contributed by atoms with van der Waals surface area (Å²) in [4.78, 5) is 44.2. The topological polar surface area (TPSA) is 123 Å². The standard InChI is InChI=1S/C25H25ClF5N7O5/c1-23(2,3)43-22(41)35-9-13(10-35)42-15-5-12(8-36(19(15)39)20(27)28)33-21(40)37-11-24(4,25(29,30)31)18-14(37)7-32-17-6-16(26)34-38(17)18/h5-8,13,20H,9-11H2,1-4H3,(H,33,40)/t24-/m1/s1. The van der Waals surface area contributed by atoms with Gasteiger partial charge in [-0.15, -0.1) is 0 Å². The third-order valence-corrected chi connectivity index (χ3v) is 7.04. The number of aromatic nitrogens is 4. The van der Waals surface area contributed by atoms with Gasteiger partial charge in [0.15, 0.2) is 16.5 Å². The first-order chi connectivity index (χ1) is 19.9. The zero-order valence-electron chi connectivity index (χ0n) is 23.1. The predicted molar refractivity (Wildman–Crippen MR) is 142 cm³/mol. The van der Waals surface area contributed by atoms with E-state index in [2.05, 4.69) is 15.4 Å². The number of amides is 3. The molecule has 0 radical (unpaired) electrons. The van der Waals surface area contributed by atoms with E-state index in [0.29, 0.717) is 6.20 Å². The van der Waals surface area contributed by atoms with Gasteiger partial charge in [0.1, 0.15) is 17.1 Å². The monoisotopic (exact) mass is 633 g/mol. The molecule has 1 saturated heterocycles. The second-order valence-electron chi connectivity index (χ2n) is 11.3. The molecule has 1 fully saturated rings. The summed E-state index contributed by atoms with van der Waals surface area (Å²) in [6, 6.07) is 1.11. The van der Waals surface area contributed by atoms with Crippen molar-refractivity contribution in [2.24, 2.45) is 0 Å². The number of halogens is 6. The Labute approximate surface area is 244 Å². The highest BCUT2D eigenvalue weighted by Crippen LogP contribution is 2.50. The number of nitrogens with zero attached hydrogens (tertiary/aromatic N) is 6. The highest BCUT2D eigenvalue weighted by atomic mass is 35.5. The number of carbonyl (C=O) groups is 2. The molecule has 18 heteroatoms. The normalized spacial score (nSPS) is 19.0. The zero-order chi connectivity index (χ0) is 31.6. The van der Waals surface area contributed by atoms with Crippen molar-refractivity contribution in [3.63, 3.8) is 0 Å². The lowest BCUT2D eigenvalue weighted by atomic mass is 9.88. The van der Waals surface area contributed by atoms with Gasteiger partial charge >= 0.3 is 24.9 Å². The van der Waals surface area contributed by atoms with E-state index in [0.717, 1.165) is 28.6 Å². The Bertz CT molecular complexity index is 1660. The summed E-state index contributed by atoms with van der Waals surface area (Å²) in [6.07, 6.45) is -4.52. The summed E-state index contributed by atoms with van der Waals surface area (Å²) in [5, 5.41) is 6.05. The van der Waals surface area contributed by atoms with E-state index in [1.54, 1.807) is 20.8 Å². The highest BCUT2D eigenvalue weighted by Gasteiger charge is 2.60. The summed E-state index contributed by atoms with van der Waals surface area (Å²) >= 11 is 5.89. The molecule has 12 nitrogen and oxygen atoms in total. The van der Waals surface area contributed by atoms with E-state index in [1.165, 1.54) is 11.0 Å². The van der Waals surface area contributed by atoms with Gasteiger partial charge in [0.05, 0.1) is 36.4 Å². The molecule has 1 atom stereocenters. The number of urea groups is 1. The first-order valence-corrected chi connectivity index (χ1v) is 13.1. The number of pyridine rings is 1. The van der Waals surface area contributed by atoms with Crippen LogP contribution in [-0.4, -0.2) is 73.7 Å². The molecule has 5 rings (SSSR count). The van der Waals surface area contributed by atoms with E-state index in [1.807, 2.05) is 0 Å². The molecule has 0 aliphatic carbocycles. The second-order valence-corrected chi connectivity index (χ2v) is 11.7. The fourth-order valence-electron chi connectivity index (χ4n) is 4.72. The lowest BCUT2D eigenvalue weighted by Gasteiger charge is -2.39. The first kappa shape index (κ1) is 30.3. The van der Waals surface area contributed by atoms with Crippen LogP contribution in [0.15, 0.2) is 29.3 Å².